The Morgan fingerprint density at radius 3 is 2.38 bits per heavy atom. The van der Waals surface area contributed by atoms with Crippen molar-refractivity contribution in [1.29, 1.82) is 0 Å². The third-order valence-corrected chi connectivity index (χ3v) is 4.51. The number of carboxylic acids is 1. The number of rotatable bonds is 13. The van der Waals surface area contributed by atoms with Gasteiger partial charge in [-0.05, 0) is 18.1 Å². The fourth-order valence-corrected chi connectivity index (χ4v) is 2.87. The van der Waals surface area contributed by atoms with Gasteiger partial charge in [-0.1, -0.05) is 75.8 Å². The molecule has 0 unspecified atom stereocenters. The first kappa shape index (κ1) is 22.4. The van der Waals surface area contributed by atoms with Crippen LogP contribution in [0.25, 0.3) is 0 Å². The monoisotopic (exact) mass is 399 g/mol. The Balaban J connectivity index is 1.87. The van der Waals surface area contributed by atoms with E-state index < -0.39 is 11.9 Å². The lowest BCUT2D eigenvalue weighted by Gasteiger charge is -2.10. The smallest absolute Gasteiger partial charge is 0.358 e. The van der Waals surface area contributed by atoms with Gasteiger partial charge in [-0.25, -0.2) is 14.6 Å². The third-order valence-electron chi connectivity index (χ3n) is 4.51. The average Bonchev–Trinajstić information content (AvgIpc) is 2.74. The first-order valence-electron chi connectivity index (χ1n) is 10.2. The van der Waals surface area contributed by atoms with Gasteiger partial charge in [-0.2, -0.15) is 0 Å². The van der Waals surface area contributed by atoms with Crippen LogP contribution in [-0.2, 0) is 11.3 Å². The van der Waals surface area contributed by atoms with E-state index in [1.54, 1.807) is 0 Å². The van der Waals surface area contributed by atoms with E-state index in [0.717, 1.165) is 24.8 Å². The third kappa shape index (κ3) is 7.94. The SMILES string of the molecule is CCCCCCCCCOC(=O)c1cnc(C(=O)O)c(OCc2ccccc2)c1. The van der Waals surface area contributed by atoms with Crippen molar-refractivity contribution < 1.29 is 24.2 Å². The molecule has 1 heterocycles. The molecular weight excluding hydrogens is 370 g/mol. The topological polar surface area (TPSA) is 85.7 Å². The quantitative estimate of drug-likeness (QED) is 0.365. The van der Waals surface area contributed by atoms with Gasteiger partial charge in [-0.15, -0.1) is 0 Å². The van der Waals surface area contributed by atoms with Crippen molar-refractivity contribution in [2.24, 2.45) is 0 Å². The average molecular weight is 399 g/mol. The summed E-state index contributed by atoms with van der Waals surface area (Å²) in [5.41, 5.74) is 0.835. The van der Waals surface area contributed by atoms with Gasteiger partial charge in [0.2, 0.25) is 0 Å². The van der Waals surface area contributed by atoms with E-state index in [2.05, 4.69) is 11.9 Å². The molecule has 0 aliphatic heterocycles. The lowest BCUT2D eigenvalue weighted by Crippen LogP contribution is -2.11. The number of esters is 1. The molecular formula is C23H29NO5. The second-order valence-electron chi connectivity index (χ2n) is 6.91. The number of unbranched alkanes of at least 4 members (excludes halogenated alkanes) is 6. The Morgan fingerprint density at radius 1 is 1.00 bits per heavy atom. The minimum atomic E-state index is -1.21. The van der Waals surface area contributed by atoms with Gasteiger partial charge >= 0.3 is 11.9 Å². The van der Waals surface area contributed by atoms with E-state index in [1.807, 2.05) is 30.3 Å². The number of nitrogens with zero attached hydrogens (tertiary/aromatic N) is 1. The van der Waals surface area contributed by atoms with E-state index in [1.165, 1.54) is 37.9 Å². The summed E-state index contributed by atoms with van der Waals surface area (Å²) in [5.74, 6) is -1.69. The molecule has 0 fully saturated rings. The molecule has 0 amide bonds. The Morgan fingerprint density at radius 2 is 1.69 bits per heavy atom. The van der Waals surface area contributed by atoms with Crippen LogP contribution in [0, 0.1) is 0 Å². The Labute approximate surface area is 171 Å². The molecule has 0 radical (unpaired) electrons. The zero-order chi connectivity index (χ0) is 20.9. The number of aromatic carboxylic acids is 1. The summed E-state index contributed by atoms with van der Waals surface area (Å²) in [5, 5.41) is 9.31. The molecule has 1 aromatic heterocycles. The Hall–Kier alpha value is -2.89. The number of pyridine rings is 1. The molecule has 0 bridgehead atoms. The maximum atomic E-state index is 12.3. The number of carbonyl (C=O) groups excluding carboxylic acids is 1. The summed E-state index contributed by atoms with van der Waals surface area (Å²) in [6, 6.07) is 10.7. The summed E-state index contributed by atoms with van der Waals surface area (Å²) in [6.07, 6.45) is 9.16. The zero-order valence-corrected chi connectivity index (χ0v) is 16.9. The highest BCUT2D eigenvalue weighted by Crippen LogP contribution is 2.20. The van der Waals surface area contributed by atoms with E-state index in [-0.39, 0.29) is 23.6 Å². The minimum Gasteiger partial charge on any atom is -0.486 e. The molecule has 0 saturated heterocycles. The summed E-state index contributed by atoms with van der Waals surface area (Å²) < 4.78 is 10.9. The van der Waals surface area contributed by atoms with Crippen LogP contribution >= 0.6 is 0 Å². The second-order valence-corrected chi connectivity index (χ2v) is 6.91. The van der Waals surface area contributed by atoms with Crippen molar-refractivity contribution in [3.8, 4) is 5.75 Å². The van der Waals surface area contributed by atoms with E-state index >= 15 is 0 Å². The summed E-state index contributed by atoms with van der Waals surface area (Å²) in [7, 11) is 0. The largest absolute Gasteiger partial charge is 0.486 e. The van der Waals surface area contributed by atoms with Crippen LogP contribution in [0.1, 0.15) is 78.3 Å². The molecule has 1 N–H and O–H groups in total. The fourth-order valence-electron chi connectivity index (χ4n) is 2.87. The van der Waals surface area contributed by atoms with Crippen LogP contribution in [0.4, 0.5) is 0 Å². The van der Waals surface area contributed by atoms with Crippen molar-refractivity contribution in [2.45, 2.75) is 58.5 Å². The van der Waals surface area contributed by atoms with E-state index in [4.69, 9.17) is 9.47 Å². The molecule has 0 atom stereocenters. The van der Waals surface area contributed by atoms with Crippen molar-refractivity contribution in [1.82, 2.24) is 4.98 Å². The number of carboxylic acid groups (broad SMARTS) is 1. The van der Waals surface area contributed by atoms with Gasteiger partial charge in [0.05, 0.1) is 12.2 Å². The van der Waals surface area contributed by atoms with Crippen molar-refractivity contribution in [3.63, 3.8) is 0 Å². The van der Waals surface area contributed by atoms with Crippen molar-refractivity contribution in [2.75, 3.05) is 6.61 Å². The van der Waals surface area contributed by atoms with Gasteiger partial charge in [0.1, 0.15) is 6.61 Å². The number of benzene rings is 1. The molecule has 6 heteroatoms. The summed E-state index contributed by atoms with van der Waals surface area (Å²) in [4.78, 5) is 27.5. The summed E-state index contributed by atoms with van der Waals surface area (Å²) >= 11 is 0. The predicted molar refractivity (Wildman–Crippen MR) is 110 cm³/mol. The minimum absolute atomic E-state index is 0.0479. The Bertz CT molecular complexity index is 776. The zero-order valence-electron chi connectivity index (χ0n) is 16.9. The van der Waals surface area contributed by atoms with Gasteiger partial charge in [0.25, 0.3) is 0 Å². The number of hydrogen-bond donors (Lipinski definition) is 1. The lowest BCUT2D eigenvalue weighted by atomic mass is 10.1. The first-order chi connectivity index (χ1) is 14.1. The van der Waals surface area contributed by atoms with Crippen molar-refractivity contribution >= 4 is 11.9 Å². The van der Waals surface area contributed by atoms with Crippen LogP contribution in [-0.4, -0.2) is 28.6 Å². The van der Waals surface area contributed by atoms with Crippen LogP contribution < -0.4 is 4.74 Å². The highest BCUT2D eigenvalue weighted by atomic mass is 16.5. The maximum absolute atomic E-state index is 12.3. The molecule has 2 rings (SSSR count). The summed E-state index contributed by atoms with van der Waals surface area (Å²) in [6.45, 7) is 2.71. The van der Waals surface area contributed by atoms with Crippen LogP contribution in [0.3, 0.4) is 0 Å². The standard InChI is InChI=1S/C23H29NO5/c1-2-3-4-5-6-7-11-14-28-23(27)19-15-20(21(22(25)26)24-16-19)29-17-18-12-9-8-10-13-18/h8-10,12-13,15-16H,2-7,11,14,17H2,1H3,(H,25,26). The maximum Gasteiger partial charge on any atom is 0.358 e. The van der Waals surface area contributed by atoms with E-state index in [9.17, 15) is 14.7 Å². The predicted octanol–water partition coefficient (Wildman–Crippen LogP) is 5.27. The molecule has 2 aromatic rings. The Kier molecular flexibility index (Phi) is 9.69. The van der Waals surface area contributed by atoms with Gasteiger partial charge in [0.15, 0.2) is 11.4 Å². The number of carbonyl (C=O) groups is 2. The number of ether oxygens (including phenoxy) is 2. The van der Waals surface area contributed by atoms with Crippen LogP contribution in [0.5, 0.6) is 5.75 Å². The van der Waals surface area contributed by atoms with Gasteiger partial charge in [0, 0.05) is 6.20 Å². The highest BCUT2D eigenvalue weighted by molar-refractivity contribution is 5.93. The van der Waals surface area contributed by atoms with E-state index in [0.29, 0.717) is 6.61 Å². The molecule has 156 valence electrons. The lowest BCUT2D eigenvalue weighted by molar-refractivity contribution is 0.0494. The molecule has 29 heavy (non-hydrogen) atoms. The molecule has 1 aromatic carbocycles. The van der Waals surface area contributed by atoms with Gasteiger partial charge < -0.3 is 14.6 Å². The molecule has 0 aliphatic carbocycles. The second kappa shape index (κ2) is 12.5. The van der Waals surface area contributed by atoms with Crippen LogP contribution in [0.2, 0.25) is 0 Å². The van der Waals surface area contributed by atoms with Crippen molar-refractivity contribution in [3.05, 3.63) is 59.4 Å². The first-order valence-corrected chi connectivity index (χ1v) is 10.2. The fraction of sp³-hybridized carbons (Fsp3) is 0.435. The highest BCUT2D eigenvalue weighted by Gasteiger charge is 2.18. The molecule has 0 saturated carbocycles. The molecule has 6 nitrogen and oxygen atoms in total. The van der Waals surface area contributed by atoms with Gasteiger partial charge in [-0.3, -0.25) is 0 Å². The molecule has 0 spiro atoms. The number of aromatic nitrogens is 1. The normalized spacial score (nSPS) is 10.5. The number of hydrogen-bond acceptors (Lipinski definition) is 5. The molecule has 0 aliphatic rings. The van der Waals surface area contributed by atoms with Crippen LogP contribution in [0.15, 0.2) is 42.6 Å².